The van der Waals surface area contributed by atoms with Gasteiger partial charge in [0.05, 0.1) is 6.04 Å². The van der Waals surface area contributed by atoms with Crippen molar-refractivity contribution in [3.63, 3.8) is 0 Å². The highest BCUT2D eigenvalue weighted by Crippen LogP contribution is 2.24. The lowest BCUT2D eigenvalue weighted by Crippen LogP contribution is -2.44. The molecule has 0 N–H and O–H groups in total. The maximum atomic E-state index is 12.3. The first-order valence-electron chi connectivity index (χ1n) is 6.51. The molecule has 110 valence electrons. The molecule has 0 aliphatic heterocycles. The molecule has 4 nitrogen and oxygen atoms in total. The van der Waals surface area contributed by atoms with Crippen molar-refractivity contribution >= 4 is 29.7 Å². The Bertz CT molecular complexity index is 482. The molecule has 0 spiro atoms. The van der Waals surface area contributed by atoms with Gasteiger partial charge in [0.25, 0.3) is 0 Å². The highest BCUT2D eigenvalue weighted by molar-refractivity contribution is 6.30. The number of hydrogen-bond acceptors (Lipinski definition) is 3. The molecule has 1 amide bonds. The van der Waals surface area contributed by atoms with Crippen molar-refractivity contribution in [3.8, 4) is 0 Å². The van der Waals surface area contributed by atoms with Crippen LogP contribution < -0.4 is 4.90 Å². The molecule has 0 saturated heterocycles. The Balaban J connectivity index is 3.15. The fourth-order valence-electron chi connectivity index (χ4n) is 1.71. The number of carbonyl (C=O) groups is 2. The van der Waals surface area contributed by atoms with Gasteiger partial charge < -0.3 is 9.53 Å². The SMILES string of the molecule is CCC(C=O)N(C(=O)OC(C)(C)C)c1cccc(Cl)c1. The molecule has 0 bridgehead atoms. The van der Waals surface area contributed by atoms with Crippen molar-refractivity contribution in [2.24, 2.45) is 0 Å². The third-order valence-electron chi connectivity index (χ3n) is 2.58. The molecular weight excluding hydrogens is 278 g/mol. The van der Waals surface area contributed by atoms with Crippen LogP contribution in [0.25, 0.3) is 0 Å². The van der Waals surface area contributed by atoms with Crippen molar-refractivity contribution in [3.05, 3.63) is 29.3 Å². The van der Waals surface area contributed by atoms with Crippen molar-refractivity contribution in [1.29, 1.82) is 0 Å². The Morgan fingerprint density at radius 1 is 1.45 bits per heavy atom. The molecule has 1 atom stereocenters. The van der Waals surface area contributed by atoms with Crippen molar-refractivity contribution in [2.75, 3.05) is 4.90 Å². The van der Waals surface area contributed by atoms with E-state index >= 15 is 0 Å². The normalized spacial score (nSPS) is 12.7. The lowest BCUT2D eigenvalue weighted by atomic mass is 10.1. The van der Waals surface area contributed by atoms with Gasteiger partial charge in [-0.3, -0.25) is 4.90 Å². The zero-order valence-electron chi connectivity index (χ0n) is 12.2. The van der Waals surface area contributed by atoms with E-state index in [1.807, 2.05) is 6.92 Å². The van der Waals surface area contributed by atoms with E-state index < -0.39 is 17.7 Å². The zero-order chi connectivity index (χ0) is 15.3. The van der Waals surface area contributed by atoms with Gasteiger partial charge in [-0.25, -0.2) is 4.79 Å². The third-order valence-corrected chi connectivity index (χ3v) is 2.82. The van der Waals surface area contributed by atoms with E-state index in [2.05, 4.69) is 0 Å². The summed E-state index contributed by atoms with van der Waals surface area (Å²) in [7, 11) is 0. The number of aldehydes is 1. The zero-order valence-corrected chi connectivity index (χ0v) is 13.0. The largest absolute Gasteiger partial charge is 0.443 e. The van der Waals surface area contributed by atoms with Crippen LogP contribution in [0.5, 0.6) is 0 Å². The first-order chi connectivity index (χ1) is 9.28. The van der Waals surface area contributed by atoms with Crippen LogP contribution in [0.15, 0.2) is 24.3 Å². The molecule has 5 heteroatoms. The molecular formula is C15H20ClNO3. The minimum atomic E-state index is -0.630. The van der Waals surface area contributed by atoms with Crippen LogP contribution in [-0.2, 0) is 9.53 Å². The maximum Gasteiger partial charge on any atom is 0.415 e. The Kier molecular flexibility index (Phi) is 5.57. The summed E-state index contributed by atoms with van der Waals surface area (Å²) in [6.45, 7) is 7.18. The van der Waals surface area contributed by atoms with Gasteiger partial charge in [-0.05, 0) is 45.4 Å². The minimum Gasteiger partial charge on any atom is -0.443 e. The van der Waals surface area contributed by atoms with Crippen LogP contribution in [0.3, 0.4) is 0 Å². The second-order valence-electron chi connectivity index (χ2n) is 5.44. The summed E-state index contributed by atoms with van der Waals surface area (Å²) in [5.74, 6) is 0. The molecule has 20 heavy (non-hydrogen) atoms. The standard InChI is InChI=1S/C15H20ClNO3/c1-5-12(10-18)17(14(19)20-15(2,3)4)13-8-6-7-11(16)9-13/h6-10,12H,5H2,1-4H3. The second-order valence-corrected chi connectivity index (χ2v) is 5.88. The van der Waals surface area contributed by atoms with Gasteiger partial charge in [0.1, 0.15) is 11.9 Å². The molecule has 0 saturated carbocycles. The summed E-state index contributed by atoms with van der Waals surface area (Å²) < 4.78 is 5.36. The molecule has 1 aromatic rings. The van der Waals surface area contributed by atoms with Gasteiger partial charge in [-0.2, -0.15) is 0 Å². The van der Waals surface area contributed by atoms with E-state index in [1.165, 1.54) is 4.90 Å². The summed E-state index contributed by atoms with van der Waals surface area (Å²) in [4.78, 5) is 24.9. The number of ether oxygens (including phenoxy) is 1. The fraction of sp³-hybridized carbons (Fsp3) is 0.467. The first-order valence-corrected chi connectivity index (χ1v) is 6.89. The van der Waals surface area contributed by atoms with Crippen molar-refractivity contribution in [2.45, 2.75) is 45.8 Å². The highest BCUT2D eigenvalue weighted by atomic mass is 35.5. The molecule has 0 aromatic heterocycles. The van der Waals surface area contributed by atoms with Gasteiger partial charge in [-0.15, -0.1) is 0 Å². The summed E-state index contributed by atoms with van der Waals surface area (Å²) in [5, 5.41) is 0.497. The van der Waals surface area contributed by atoms with Crippen LogP contribution in [-0.4, -0.2) is 24.0 Å². The number of amides is 1. The van der Waals surface area contributed by atoms with Crippen LogP contribution in [0, 0.1) is 0 Å². The molecule has 0 fully saturated rings. The van der Waals surface area contributed by atoms with E-state index in [4.69, 9.17) is 16.3 Å². The van der Waals surface area contributed by atoms with Gasteiger partial charge in [0, 0.05) is 10.7 Å². The van der Waals surface area contributed by atoms with Crippen molar-refractivity contribution < 1.29 is 14.3 Å². The number of halogens is 1. The molecule has 1 aromatic carbocycles. The average molecular weight is 298 g/mol. The minimum absolute atomic E-state index is 0.495. The Morgan fingerprint density at radius 3 is 2.55 bits per heavy atom. The highest BCUT2D eigenvalue weighted by Gasteiger charge is 2.28. The number of nitrogens with zero attached hydrogens (tertiary/aromatic N) is 1. The van der Waals surface area contributed by atoms with Gasteiger partial charge in [0.15, 0.2) is 0 Å². The molecule has 1 unspecified atom stereocenters. The van der Waals surface area contributed by atoms with E-state index in [9.17, 15) is 9.59 Å². The fourth-order valence-corrected chi connectivity index (χ4v) is 1.89. The van der Waals surface area contributed by atoms with Gasteiger partial charge in [0.2, 0.25) is 0 Å². The molecule has 1 rings (SSSR count). The van der Waals surface area contributed by atoms with E-state index in [1.54, 1.807) is 45.0 Å². The summed E-state index contributed by atoms with van der Waals surface area (Å²) >= 11 is 5.95. The third kappa shape index (κ3) is 4.53. The van der Waals surface area contributed by atoms with Crippen LogP contribution in [0.4, 0.5) is 10.5 Å². The average Bonchev–Trinajstić information content (AvgIpc) is 2.33. The van der Waals surface area contributed by atoms with Crippen LogP contribution in [0.1, 0.15) is 34.1 Å². The van der Waals surface area contributed by atoms with Crippen LogP contribution >= 0.6 is 11.6 Å². The van der Waals surface area contributed by atoms with Crippen LogP contribution in [0.2, 0.25) is 5.02 Å². The molecule has 0 radical (unpaired) electrons. The number of hydrogen-bond donors (Lipinski definition) is 0. The van der Waals surface area contributed by atoms with E-state index in [-0.39, 0.29) is 0 Å². The van der Waals surface area contributed by atoms with Gasteiger partial charge >= 0.3 is 6.09 Å². The summed E-state index contributed by atoms with van der Waals surface area (Å²) in [5.41, 5.74) is -0.0829. The topological polar surface area (TPSA) is 46.6 Å². The Hall–Kier alpha value is -1.55. The number of benzene rings is 1. The van der Waals surface area contributed by atoms with Gasteiger partial charge in [-0.1, -0.05) is 24.6 Å². The predicted octanol–water partition coefficient (Wildman–Crippen LogP) is 4.06. The number of carbonyl (C=O) groups excluding carboxylic acids is 2. The maximum absolute atomic E-state index is 12.3. The van der Waals surface area contributed by atoms with Crippen molar-refractivity contribution in [1.82, 2.24) is 0 Å². The monoisotopic (exact) mass is 297 g/mol. The second kappa shape index (κ2) is 6.75. The molecule has 0 aliphatic rings. The number of anilines is 1. The Morgan fingerprint density at radius 2 is 2.10 bits per heavy atom. The smallest absolute Gasteiger partial charge is 0.415 e. The molecule has 0 aliphatic carbocycles. The number of rotatable bonds is 4. The lowest BCUT2D eigenvalue weighted by molar-refractivity contribution is -0.109. The lowest BCUT2D eigenvalue weighted by Gasteiger charge is -2.30. The van der Waals surface area contributed by atoms with E-state index in [0.717, 1.165) is 6.29 Å². The van der Waals surface area contributed by atoms with E-state index in [0.29, 0.717) is 17.1 Å². The molecule has 0 heterocycles. The summed E-state index contributed by atoms with van der Waals surface area (Å²) in [6.07, 6.45) is 0.679. The predicted molar refractivity (Wildman–Crippen MR) is 80.3 cm³/mol. The quantitative estimate of drug-likeness (QED) is 0.787. The Labute approximate surface area is 124 Å². The summed E-state index contributed by atoms with van der Waals surface area (Å²) in [6, 6.07) is 6.22. The first kappa shape index (κ1) is 16.5.